The lowest BCUT2D eigenvalue weighted by Crippen LogP contribution is -2.37. The predicted octanol–water partition coefficient (Wildman–Crippen LogP) is 2.04. The number of benzene rings is 1. The lowest BCUT2D eigenvalue weighted by molar-refractivity contribution is 0.616. The van der Waals surface area contributed by atoms with Crippen molar-refractivity contribution in [3.8, 4) is 5.69 Å². The van der Waals surface area contributed by atoms with E-state index in [1.165, 1.54) is 6.07 Å². The van der Waals surface area contributed by atoms with Gasteiger partial charge < -0.3 is 10.2 Å². The molecule has 0 unspecified atom stereocenters. The Kier molecular flexibility index (Phi) is 5.20. The SMILES string of the molecule is CC(=S)NCc1cn(-c2ccc(N3CCS(=N)CC3)c(F)c2)nn1. The van der Waals surface area contributed by atoms with Gasteiger partial charge in [-0.2, -0.15) is 0 Å². The monoisotopic (exact) mass is 366 g/mol. The Morgan fingerprint density at radius 2 is 2.17 bits per heavy atom. The van der Waals surface area contributed by atoms with Gasteiger partial charge in [0.2, 0.25) is 0 Å². The Bertz CT molecular complexity index is 765. The first-order valence-corrected chi connectivity index (χ1v) is 9.59. The number of anilines is 1. The van der Waals surface area contributed by atoms with Gasteiger partial charge in [-0.1, -0.05) is 17.4 Å². The molecule has 2 N–H and O–H groups in total. The van der Waals surface area contributed by atoms with E-state index in [1.54, 1.807) is 23.9 Å². The zero-order chi connectivity index (χ0) is 17.1. The van der Waals surface area contributed by atoms with Crippen LogP contribution in [-0.4, -0.2) is 44.6 Å². The van der Waals surface area contributed by atoms with Crippen molar-refractivity contribution < 1.29 is 4.39 Å². The molecule has 1 aromatic carbocycles. The highest BCUT2D eigenvalue weighted by atomic mass is 32.2. The molecule has 2 aromatic rings. The molecule has 0 aliphatic carbocycles. The molecule has 0 atom stereocenters. The number of hydrogen-bond donors (Lipinski definition) is 2. The van der Waals surface area contributed by atoms with E-state index >= 15 is 0 Å². The molecule has 0 radical (unpaired) electrons. The summed E-state index contributed by atoms with van der Waals surface area (Å²) in [4.78, 5) is 2.70. The van der Waals surface area contributed by atoms with Crippen LogP contribution in [0.2, 0.25) is 0 Å². The lowest BCUT2D eigenvalue weighted by Gasteiger charge is -2.30. The van der Waals surface area contributed by atoms with E-state index in [0.29, 0.717) is 22.9 Å². The smallest absolute Gasteiger partial charge is 0.148 e. The third-order valence-electron chi connectivity index (χ3n) is 3.81. The van der Waals surface area contributed by atoms with Gasteiger partial charge in [0.15, 0.2) is 0 Å². The number of nitrogens with zero attached hydrogens (tertiary/aromatic N) is 4. The third-order valence-corrected chi connectivity index (χ3v) is 5.31. The van der Waals surface area contributed by atoms with Gasteiger partial charge >= 0.3 is 0 Å². The van der Waals surface area contributed by atoms with Gasteiger partial charge in [-0.05, 0) is 19.1 Å². The average molecular weight is 366 g/mol. The normalized spacial score (nSPS) is 15.5. The fourth-order valence-corrected chi connectivity index (χ4v) is 3.67. The fourth-order valence-electron chi connectivity index (χ4n) is 2.51. The molecule has 2 heterocycles. The standard InChI is InChI=1S/C15H19FN6S2/c1-11(23)18-9-12-10-22(20-19-12)13-2-3-15(14(16)8-13)21-4-6-24(17)7-5-21/h2-3,8,10,17H,4-7,9H2,1H3,(H,18,23). The van der Waals surface area contributed by atoms with Gasteiger partial charge in [-0.25, -0.2) is 9.07 Å². The Balaban J connectivity index is 1.74. The number of aromatic nitrogens is 3. The summed E-state index contributed by atoms with van der Waals surface area (Å²) in [6.45, 7) is 3.77. The van der Waals surface area contributed by atoms with Gasteiger partial charge in [0, 0.05) is 30.7 Å². The summed E-state index contributed by atoms with van der Waals surface area (Å²) in [5, 5.41) is 11.1. The number of nitrogens with one attached hydrogen (secondary N) is 2. The Hall–Kier alpha value is -1.87. The largest absolute Gasteiger partial charge is 0.374 e. The molecule has 1 aromatic heterocycles. The van der Waals surface area contributed by atoms with Crippen molar-refractivity contribution in [3.05, 3.63) is 35.9 Å². The first-order chi connectivity index (χ1) is 11.5. The second-order valence-electron chi connectivity index (χ2n) is 5.59. The van der Waals surface area contributed by atoms with E-state index < -0.39 is 0 Å². The molecular weight excluding hydrogens is 347 g/mol. The highest BCUT2D eigenvalue weighted by Gasteiger charge is 2.17. The summed E-state index contributed by atoms with van der Waals surface area (Å²) in [6, 6.07) is 5.09. The van der Waals surface area contributed by atoms with Crippen LogP contribution in [0, 0.1) is 10.6 Å². The molecule has 9 heteroatoms. The van der Waals surface area contributed by atoms with Crippen LogP contribution in [0.3, 0.4) is 0 Å². The van der Waals surface area contributed by atoms with Crippen LogP contribution >= 0.6 is 12.2 Å². The molecule has 0 bridgehead atoms. The van der Waals surface area contributed by atoms with Gasteiger partial charge in [-0.3, -0.25) is 4.78 Å². The van der Waals surface area contributed by atoms with Crippen LogP contribution in [0.4, 0.5) is 10.1 Å². The fraction of sp³-hybridized carbons (Fsp3) is 0.400. The average Bonchev–Trinajstić information content (AvgIpc) is 3.03. The van der Waals surface area contributed by atoms with Gasteiger partial charge in [-0.15, -0.1) is 15.8 Å². The lowest BCUT2D eigenvalue weighted by atomic mass is 10.2. The van der Waals surface area contributed by atoms with Gasteiger partial charge in [0.05, 0.1) is 29.1 Å². The van der Waals surface area contributed by atoms with Crippen LogP contribution in [0.25, 0.3) is 5.69 Å². The summed E-state index contributed by atoms with van der Waals surface area (Å²) < 4.78 is 23.8. The first-order valence-electron chi connectivity index (χ1n) is 7.62. The Labute approximate surface area is 147 Å². The minimum absolute atomic E-state index is 0.274. The van der Waals surface area contributed by atoms with Crippen LogP contribution in [0.5, 0.6) is 0 Å². The molecule has 1 aliphatic heterocycles. The molecule has 128 valence electrons. The number of thiocarbonyl (C=S) groups is 1. The Morgan fingerprint density at radius 1 is 1.42 bits per heavy atom. The number of hydrogen-bond acceptors (Lipinski definition) is 5. The van der Waals surface area contributed by atoms with Crippen molar-refractivity contribution in [2.45, 2.75) is 13.5 Å². The van der Waals surface area contributed by atoms with E-state index in [0.717, 1.165) is 30.3 Å². The van der Waals surface area contributed by atoms with E-state index in [4.69, 9.17) is 17.0 Å². The summed E-state index contributed by atoms with van der Waals surface area (Å²) in [6.07, 6.45) is 1.76. The Morgan fingerprint density at radius 3 is 2.83 bits per heavy atom. The van der Waals surface area contributed by atoms with Gasteiger partial charge in [0.25, 0.3) is 0 Å². The maximum Gasteiger partial charge on any atom is 0.148 e. The van der Waals surface area contributed by atoms with Crippen molar-refractivity contribution in [2.75, 3.05) is 29.5 Å². The van der Waals surface area contributed by atoms with Gasteiger partial charge in [0.1, 0.15) is 11.5 Å². The van der Waals surface area contributed by atoms with Crippen molar-refractivity contribution in [3.63, 3.8) is 0 Å². The van der Waals surface area contributed by atoms with Crippen LogP contribution in [-0.2, 0) is 17.2 Å². The third kappa shape index (κ3) is 3.96. The second kappa shape index (κ2) is 7.35. The minimum atomic E-state index is -0.280. The predicted molar refractivity (Wildman–Crippen MR) is 98.5 cm³/mol. The highest BCUT2D eigenvalue weighted by molar-refractivity contribution is 7.86. The molecule has 1 aliphatic rings. The zero-order valence-electron chi connectivity index (χ0n) is 13.3. The summed E-state index contributed by atoms with van der Waals surface area (Å²) in [7, 11) is -0.280. The minimum Gasteiger partial charge on any atom is -0.374 e. The van der Waals surface area contributed by atoms with E-state index in [9.17, 15) is 4.39 Å². The number of rotatable bonds is 4. The van der Waals surface area contributed by atoms with Crippen LogP contribution in [0.1, 0.15) is 12.6 Å². The van der Waals surface area contributed by atoms with Crippen molar-refractivity contribution in [1.82, 2.24) is 20.3 Å². The van der Waals surface area contributed by atoms with Crippen molar-refractivity contribution in [2.24, 2.45) is 0 Å². The van der Waals surface area contributed by atoms with Crippen LogP contribution < -0.4 is 10.2 Å². The number of halogens is 1. The van der Waals surface area contributed by atoms with Crippen molar-refractivity contribution in [1.29, 1.82) is 4.78 Å². The molecular formula is C15H19FN6S2. The molecule has 1 fully saturated rings. The maximum atomic E-state index is 14.5. The van der Waals surface area contributed by atoms with E-state index in [2.05, 4.69) is 15.6 Å². The summed E-state index contributed by atoms with van der Waals surface area (Å²) >= 11 is 4.96. The molecule has 3 rings (SSSR count). The van der Waals surface area contributed by atoms with E-state index in [-0.39, 0.29) is 16.5 Å². The maximum absolute atomic E-state index is 14.5. The molecule has 0 saturated carbocycles. The molecule has 1 saturated heterocycles. The highest BCUT2D eigenvalue weighted by Crippen LogP contribution is 2.23. The quantitative estimate of drug-likeness (QED) is 0.811. The second-order valence-corrected chi connectivity index (χ2v) is 8.00. The van der Waals surface area contributed by atoms with E-state index in [1.807, 2.05) is 11.0 Å². The first kappa shape index (κ1) is 17.0. The molecule has 0 spiro atoms. The van der Waals surface area contributed by atoms with Crippen molar-refractivity contribution >= 4 is 33.6 Å². The van der Waals surface area contributed by atoms with Crippen LogP contribution in [0.15, 0.2) is 24.4 Å². The molecule has 24 heavy (non-hydrogen) atoms. The topological polar surface area (TPSA) is 69.8 Å². The molecule has 0 amide bonds. The summed E-state index contributed by atoms with van der Waals surface area (Å²) in [5.41, 5.74) is 1.96. The molecule has 6 nitrogen and oxygen atoms in total. The summed E-state index contributed by atoms with van der Waals surface area (Å²) in [5.74, 6) is 1.34. The zero-order valence-corrected chi connectivity index (χ0v) is 15.0.